The van der Waals surface area contributed by atoms with Crippen LogP contribution in [-0.2, 0) is 21.0 Å². The van der Waals surface area contributed by atoms with Crippen LogP contribution in [-0.4, -0.2) is 53.0 Å². The van der Waals surface area contributed by atoms with E-state index in [0.29, 0.717) is 0 Å². The molecule has 0 aliphatic heterocycles. The first kappa shape index (κ1) is 25.3. The van der Waals surface area contributed by atoms with E-state index in [4.69, 9.17) is 9.47 Å². The molecule has 0 bridgehead atoms. The van der Waals surface area contributed by atoms with Crippen molar-refractivity contribution < 1.29 is 35.9 Å². The summed E-state index contributed by atoms with van der Waals surface area (Å²) in [6.45, 7) is 1.37. The Kier molecular flexibility index (Phi) is 7.97. The van der Waals surface area contributed by atoms with Gasteiger partial charge < -0.3 is 20.1 Å². The Hall–Kier alpha value is -2.99. The fraction of sp³-hybridized carbons (Fsp3) is 0.350. The van der Waals surface area contributed by atoms with Crippen molar-refractivity contribution in [3.05, 3.63) is 42.0 Å². The molecule has 0 spiro atoms. The summed E-state index contributed by atoms with van der Waals surface area (Å²) in [6, 6.07) is 7.39. The quantitative estimate of drug-likeness (QED) is 0.577. The lowest BCUT2D eigenvalue weighted by molar-refractivity contribution is -0.137. The normalized spacial score (nSPS) is 11.9. The van der Waals surface area contributed by atoms with E-state index in [2.05, 4.69) is 10.6 Å². The second kappa shape index (κ2) is 10.1. The Morgan fingerprint density at radius 3 is 2.38 bits per heavy atom. The number of nitrogens with zero attached hydrogens (tertiary/aromatic N) is 1. The molecule has 0 aromatic heterocycles. The van der Waals surface area contributed by atoms with Crippen LogP contribution in [0.15, 0.2) is 41.3 Å². The van der Waals surface area contributed by atoms with Gasteiger partial charge in [0.25, 0.3) is 0 Å². The average Bonchev–Trinajstić information content (AvgIpc) is 2.72. The van der Waals surface area contributed by atoms with Crippen LogP contribution in [0.3, 0.4) is 0 Å². The van der Waals surface area contributed by atoms with Crippen LogP contribution in [0.1, 0.15) is 12.5 Å². The SMILES string of the molecule is CCOc1ccc(NCC(=O)Nc2ccc(OC)c(S(=O)(=O)N(C)C)c2)c(C(F)(F)F)c1. The molecule has 0 saturated carbocycles. The highest BCUT2D eigenvalue weighted by molar-refractivity contribution is 7.89. The highest BCUT2D eigenvalue weighted by atomic mass is 32.2. The summed E-state index contributed by atoms with van der Waals surface area (Å²) >= 11 is 0. The highest BCUT2D eigenvalue weighted by Gasteiger charge is 2.34. The number of ether oxygens (including phenoxy) is 2. The lowest BCUT2D eigenvalue weighted by atomic mass is 10.1. The van der Waals surface area contributed by atoms with E-state index in [1.807, 2.05) is 0 Å². The lowest BCUT2D eigenvalue weighted by Gasteiger charge is -2.17. The van der Waals surface area contributed by atoms with Gasteiger partial charge in [-0.2, -0.15) is 13.2 Å². The molecule has 2 aromatic rings. The van der Waals surface area contributed by atoms with Crippen LogP contribution in [0.5, 0.6) is 11.5 Å². The zero-order valence-corrected chi connectivity index (χ0v) is 18.7. The van der Waals surface area contributed by atoms with Gasteiger partial charge in [0.1, 0.15) is 16.4 Å². The molecule has 0 aliphatic rings. The number of hydrogen-bond acceptors (Lipinski definition) is 6. The maximum absolute atomic E-state index is 13.4. The van der Waals surface area contributed by atoms with Crippen molar-refractivity contribution in [2.75, 3.05) is 45.0 Å². The van der Waals surface area contributed by atoms with Gasteiger partial charge in [-0.05, 0) is 43.3 Å². The second-order valence-electron chi connectivity index (χ2n) is 6.69. The van der Waals surface area contributed by atoms with E-state index < -0.39 is 34.2 Å². The molecular weight excluding hydrogens is 451 g/mol. The van der Waals surface area contributed by atoms with Crippen molar-refractivity contribution >= 4 is 27.3 Å². The summed E-state index contributed by atoms with van der Waals surface area (Å²) in [5.41, 5.74) is -1.12. The van der Waals surface area contributed by atoms with Gasteiger partial charge in [0, 0.05) is 25.5 Å². The molecule has 0 heterocycles. The minimum Gasteiger partial charge on any atom is -0.495 e. The van der Waals surface area contributed by atoms with E-state index in [9.17, 15) is 26.4 Å². The lowest BCUT2D eigenvalue weighted by Crippen LogP contribution is -2.24. The third kappa shape index (κ3) is 6.04. The van der Waals surface area contributed by atoms with Crippen LogP contribution < -0.4 is 20.1 Å². The molecule has 2 rings (SSSR count). The number of benzene rings is 2. The molecule has 0 saturated heterocycles. The summed E-state index contributed by atoms with van der Waals surface area (Å²) < 4.78 is 76.2. The van der Waals surface area contributed by atoms with Gasteiger partial charge in [-0.1, -0.05) is 0 Å². The molecule has 176 valence electrons. The molecular formula is C20H24F3N3O5S. The fourth-order valence-corrected chi connectivity index (χ4v) is 3.78. The number of nitrogens with one attached hydrogen (secondary N) is 2. The molecule has 2 aromatic carbocycles. The maximum Gasteiger partial charge on any atom is 0.418 e. The van der Waals surface area contributed by atoms with Gasteiger partial charge in [0.05, 0.1) is 25.8 Å². The van der Waals surface area contributed by atoms with Gasteiger partial charge >= 0.3 is 6.18 Å². The molecule has 2 N–H and O–H groups in total. The van der Waals surface area contributed by atoms with Gasteiger partial charge in [-0.15, -0.1) is 0 Å². The summed E-state index contributed by atoms with van der Waals surface area (Å²) in [5, 5.41) is 4.91. The number of halogens is 3. The van der Waals surface area contributed by atoms with E-state index in [0.717, 1.165) is 10.4 Å². The molecule has 0 atom stereocenters. The maximum atomic E-state index is 13.4. The van der Waals surface area contributed by atoms with Crippen molar-refractivity contribution in [1.29, 1.82) is 0 Å². The zero-order valence-electron chi connectivity index (χ0n) is 17.9. The summed E-state index contributed by atoms with van der Waals surface area (Å²) in [7, 11) is 0.140. The standard InChI is InChI=1S/C20H24F3N3O5S/c1-5-31-14-7-8-16(15(11-14)20(21,22)23)24-12-19(27)25-13-6-9-17(30-4)18(10-13)32(28,29)26(2)3/h6-11,24H,5,12H2,1-4H3,(H,25,27). The number of sulfonamides is 1. The minimum atomic E-state index is -4.66. The monoisotopic (exact) mass is 475 g/mol. The third-order valence-corrected chi connectivity index (χ3v) is 6.09. The van der Waals surface area contributed by atoms with Crippen molar-refractivity contribution in [2.45, 2.75) is 18.0 Å². The molecule has 0 fully saturated rings. The summed E-state index contributed by atoms with van der Waals surface area (Å²) in [4.78, 5) is 12.1. The van der Waals surface area contributed by atoms with Crippen LogP contribution in [0.2, 0.25) is 0 Å². The second-order valence-corrected chi connectivity index (χ2v) is 8.81. The molecule has 0 radical (unpaired) electrons. The van der Waals surface area contributed by atoms with E-state index in [1.165, 1.54) is 51.5 Å². The van der Waals surface area contributed by atoms with E-state index in [1.54, 1.807) is 6.92 Å². The third-order valence-electron chi connectivity index (χ3n) is 4.25. The van der Waals surface area contributed by atoms with Crippen molar-refractivity contribution in [2.24, 2.45) is 0 Å². The zero-order chi connectivity index (χ0) is 24.1. The Labute approximate surface area is 184 Å². The Morgan fingerprint density at radius 2 is 1.81 bits per heavy atom. The smallest absolute Gasteiger partial charge is 0.418 e. The van der Waals surface area contributed by atoms with E-state index >= 15 is 0 Å². The molecule has 32 heavy (non-hydrogen) atoms. The number of anilines is 2. The first-order valence-corrected chi connectivity index (χ1v) is 10.8. The molecule has 1 amide bonds. The number of hydrogen-bond donors (Lipinski definition) is 2. The number of methoxy groups -OCH3 is 1. The number of rotatable bonds is 9. The highest BCUT2D eigenvalue weighted by Crippen LogP contribution is 2.37. The predicted octanol–water partition coefficient (Wildman–Crippen LogP) is 3.41. The van der Waals surface area contributed by atoms with Crippen molar-refractivity contribution in [1.82, 2.24) is 4.31 Å². The summed E-state index contributed by atoms with van der Waals surface area (Å²) in [5.74, 6) is -0.535. The van der Waals surface area contributed by atoms with Gasteiger partial charge in [0.2, 0.25) is 15.9 Å². The Bertz CT molecular complexity index is 1070. The van der Waals surface area contributed by atoms with Gasteiger partial charge in [-0.3, -0.25) is 4.79 Å². The van der Waals surface area contributed by atoms with E-state index in [-0.39, 0.29) is 34.4 Å². The fourth-order valence-electron chi connectivity index (χ4n) is 2.70. The number of carbonyl (C=O) groups excluding carboxylic acids is 1. The summed E-state index contributed by atoms with van der Waals surface area (Å²) in [6.07, 6.45) is -4.66. The van der Waals surface area contributed by atoms with Gasteiger partial charge in [0.15, 0.2) is 0 Å². The van der Waals surface area contributed by atoms with Crippen LogP contribution in [0.25, 0.3) is 0 Å². The average molecular weight is 475 g/mol. The first-order valence-electron chi connectivity index (χ1n) is 9.38. The molecule has 12 heteroatoms. The predicted molar refractivity (Wildman–Crippen MR) is 114 cm³/mol. The van der Waals surface area contributed by atoms with Crippen LogP contribution >= 0.6 is 0 Å². The largest absolute Gasteiger partial charge is 0.495 e. The van der Waals surface area contributed by atoms with Crippen LogP contribution in [0.4, 0.5) is 24.5 Å². The molecule has 0 aliphatic carbocycles. The number of alkyl halides is 3. The topological polar surface area (TPSA) is 97.0 Å². The first-order chi connectivity index (χ1) is 14.9. The van der Waals surface area contributed by atoms with Crippen LogP contribution in [0, 0.1) is 0 Å². The Morgan fingerprint density at radius 1 is 1.12 bits per heavy atom. The Balaban J connectivity index is 2.19. The van der Waals surface area contributed by atoms with Crippen molar-refractivity contribution in [3.63, 3.8) is 0 Å². The number of amides is 1. The number of carbonyl (C=O) groups is 1. The minimum absolute atomic E-state index is 0.0580. The molecule has 0 unspecified atom stereocenters. The van der Waals surface area contributed by atoms with Crippen molar-refractivity contribution in [3.8, 4) is 11.5 Å². The molecule has 8 nitrogen and oxygen atoms in total. The van der Waals surface area contributed by atoms with Gasteiger partial charge in [-0.25, -0.2) is 12.7 Å².